The summed E-state index contributed by atoms with van der Waals surface area (Å²) in [4.78, 5) is 9.48. The van der Waals surface area contributed by atoms with Crippen molar-refractivity contribution < 1.29 is 0 Å². The Kier molecular flexibility index (Phi) is 7.27. The van der Waals surface area contributed by atoms with Crippen molar-refractivity contribution in [2.24, 2.45) is 22.6 Å². The predicted molar refractivity (Wildman–Crippen MR) is 152 cm³/mol. The molecule has 2 aromatic rings. The Balaban J connectivity index is 1.18. The lowest BCUT2D eigenvalue weighted by Gasteiger charge is -2.45. The third-order valence-corrected chi connectivity index (χ3v) is 8.49. The molecule has 0 spiro atoms. The minimum atomic E-state index is -0.665. The summed E-state index contributed by atoms with van der Waals surface area (Å²) in [5.74, 6) is 1.51. The number of amidine groups is 1. The molecule has 1 aliphatic heterocycles. The van der Waals surface area contributed by atoms with E-state index in [0.29, 0.717) is 11.8 Å². The summed E-state index contributed by atoms with van der Waals surface area (Å²) in [5, 5.41) is 10.2. The first-order valence-electron chi connectivity index (χ1n) is 13.8. The molecular weight excluding hydrogens is 444 g/mol. The van der Waals surface area contributed by atoms with Gasteiger partial charge >= 0.3 is 0 Å². The number of nitrogens with two attached hydrogens (primary N) is 1. The van der Waals surface area contributed by atoms with Crippen LogP contribution in [0.3, 0.4) is 0 Å². The fourth-order valence-corrected chi connectivity index (χ4v) is 6.47. The molecule has 2 aliphatic carbocycles. The number of rotatable bonds is 6. The van der Waals surface area contributed by atoms with Crippen molar-refractivity contribution >= 4 is 22.3 Å². The van der Waals surface area contributed by atoms with Crippen LogP contribution in [0.2, 0.25) is 0 Å². The van der Waals surface area contributed by atoms with E-state index in [2.05, 4.69) is 85.0 Å². The monoisotopic (exact) mass is 488 g/mol. The van der Waals surface area contributed by atoms with E-state index >= 15 is 0 Å². The topological polar surface area (TPSA) is 68.9 Å². The van der Waals surface area contributed by atoms with Crippen molar-refractivity contribution in [2.75, 3.05) is 39.6 Å². The Morgan fingerprint density at radius 3 is 2.39 bits per heavy atom. The molecule has 36 heavy (non-hydrogen) atoms. The van der Waals surface area contributed by atoms with Gasteiger partial charge < -0.3 is 20.4 Å². The molecule has 3 aliphatic rings. The van der Waals surface area contributed by atoms with Gasteiger partial charge in [0.25, 0.3) is 0 Å². The second kappa shape index (κ2) is 10.4. The molecule has 0 bridgehead atoms. The van der Waals surface area contributed by atoms with Crippen molar-refractivity contribution in [3.05, 3.63) is 53.2 Å². The number of hydrogen-bond donors (Lipinski definition) is 3. The van der Waals surface area contributed by atoms with Crippen molar-refractivity contribution in [2.45, 2.75) is 63.7 Å². The molecular formula is C30H44N6. The molecule has 0 saturated heterocycles. The highest BCUT2D eigenvalue weighted by Crippen LogP contribution is 2.39. The van der Waals surface area contributed by atoms with Gasteiger partial charge in [-0.15, -0.1) is 0 Å². The van der Waals surface area contributed by atoms with Gasteiger partial charge in [0.2, 0.25) is 0 Å². The molecule has 1 saturated carbocycles. The number of nitrogens with one attached hydrogen (secondary N) is 2. The van der Waals surface area contributed by atoms with Crippen LogP contribution < -0.4 is 21.3 Å². The maximum Gasteiger partial charge on any atom is 0.187 e. The standard InChI is InChI=1S/C30H44N6/c1-35(2)28-18-15-22(24-9-5-6-10-25(24)28)20-32-19-21-13-16-23(17-14-21)30(31)33-27-12-8-7-11-26(27)29(34-30)36(3)4/h5-6,9-10,15,18,21,23,32-33H,7-8,11-14,16-17,19-20,31H2,1-4H3. The number of benzene rings is 2. The Morgan fingerprint density at radius 2 is 1.67 bits per heavy atom. The van der Waals surface area contributed by atoms with Crippen LogP contribution in [-0.2, 0) is 6.54 Å². The van der Waals surface area contributed by atoms with Gasteiger partial charge in [-0.1, -0.05) is 30.3 Å². The molecule has 6 nitrogen and oxygen atoms in total. The Morgan fingerprint density at radius 1 is 0.944 bits per heavy atom. The smallest absolute Gasteiger partial charge is 0.187 e. The Hall–Kier alpha value is -2.57. The second-order valence-corrected chi connectivity index (χ2v) is 11.5. The third kappa shape index (κ3) is 4.98. The molecule has 1 fully saturated rings. The molecule has 0 aromatic heterocycles. The minimum Gasteiger partial charge on any atom is -0.377 e. The zero-order valence-electron chi connectivity index (χ0n) is 22.6. The van der Waals surface area contributed by atoms with Crippen LogP contribution in [0, 0.1) is 11.8 Å². The first-order valence-corrected chi connectivity index (χ1v) is 13.8. The molecule has 1 atom stereocenters. The van der Waals surface area contributed by atoms with E-state index in [4.69, 9.17) is 10.7 Å². The molecule has 0 amide bonds. The highest BCUT2D eigenvalue weighted by atomic mass is 15.3. The molecule has 5 rings (SSSR count). The fourth-order valence-electron chi connectivity index (χ4n) is 6.47. The molecule has 1 unspecified atom stereocenters. The second-order valence-electron chi connectivity index (χ2n) is 11.5. The maximum atomic E-state index is 7.00. The van der Waals surface area contributed by atoms with Crippen LogP contribution in [0.1, 0.15) is 56.9 Å². The van der Waals surface area contributed by atoms with E-state index in [-0.39, 0.29) is 0 Å². The Labute approximate surface area is 217 Å². The number of allylic oxidation sites excluding steroid dienone is 1. The molecule has 2 aromatic carbocycles. The van der Waals surface area contributed by atoms with Crippen molar-refractivity contribution in [1.29, 1.82) is 0 Å². The van der Waals surface area contributed by atoms with E-state index in [9.17, 15) is 0 Å². The number of fused-ring (bicyclic) bond motifs is 1. The average molecular weight is 489 g/mol. The predicted octanol–water partition coefficient (Wildman–Crippen LogP) is 4.81. The van der Waals surface area contributed by atoms with Crippen LogP contribution in [0.4, 0.5) is 5.69 Å². The minimum absolute atomic E-state index is 0.377. The largest absolute Gasteiger partial charge is 0.377 e. The van der Waals surface area contributed by atoms with Crippen LogP contribution in [0.5, 0.6) is 0 Å². The number of nitrogens with zero attached hydrogens (tertiary/aromatic N) is 3. The number of anilines is 1. The summed E-state index contributed by atoms with van der Waals surface area (Å²) in [5.41, 5.74) is 12.4. The SMILES string of the molecule is CN(C)C1=NC(N)(C2CCC(CNCc3ccc(N(C)C)c4ccccc34)CC2)NC2=C1CCCC2. The average Bonchev–Trinajstić information content (AvgIpc) is 2.88. The van der Waals surface area contributed by atoms with Gasteiger partial charge in [-0.3, -0.25) is 5.73 Å². The summed E-state index contributed by atoms with van der Waals surface area (Å²) in [6.07, 6.45) is 9.37. The van der Waals surface area contributed by atoms with Gasteiger partial charge in [0.05, 0.1) is 0 Å². The van der Waals surface area contributed by atoms with E-state index in [1.807, 2.05) is 0 Å². The van der Waals surface area contributed by atoms with Crippen LogP contribution in [-0.4, -0.2) is 51.3 Å². The van der Waals surface area contributed by atoms with E-state index < -0.39 is 5.79 Å². The highest BCUT2D eigenvalue weighted by molar-refractivity contribution is 5.99. The number of hydrogen-bond acceptors (Lipinski definition) is 6. The van der Waals surface area contributed by atoms with Gasteiger partial charge in [0.1, 0.15) is 5.84 Å². The fraction of sp³-hybridized carbons (Fsp3) is 0.567. The molecule has 4 N–H and O–H groups in total. The first-order chi connectivity index (χ1) is 17.4. The lowest BCUT2D eigenvalue weighted by atomic mass is 9.77. The van der Waals surface area contributed by atoms with Crippen LogP contribution >= 0.6 is 0 Å². The highest BCUT2D eigenvalue weighted by Gasteiger charge is 2.42. The summed E-state index contributed by atoms with van der Waals surface area (Å²) in [6, 6.07) is 13.3. The summed E-state index contributed by atoms with van der Waals surface area (Å²) < 4.78 is 0. The van der Waals surface area contributed by atoms with Gasteiger partial charge in [0, 0.05) is 63.0 Å². The molecule has 194 valence electrons. The third-order valence-electron chi connectivity index (χ3n) is 8.49. The van der Waals surface area contributed by atoms with Crippen LogP contribution in [0.25, 0.3) is 10.8 Å². The van der Waals surface area contributed by atoms with Crippen molar-refractivity contribution in [3.8, 4) is 0 Å². The molecule has 1 heterocycles. The quantitative estimate of drug-likeness (QED) is 0.545. The first kappa shape index (κ1) is 25.1. The zero-order valence-corrected chi connectivity index (χ0v) is 22.6. The van der Waals surface area contributed by atoms with Crippen molar-refractivity contribution in [3.63, 3.8) is 0 Å². The number of aliphatic imine (C=N–C) groups is 1. The van der Waals surface area contributed by atoms with E-state index in [1.54, 1.807) is 0 Å². The summed E-state index contributed by atoms with van der Waals surface area (Å²) >= 11 is 0. The summed E-state index contributed by atoms with van der Waals surface area (Å²) in [7, 11) is 8.43. The molecule has 0 radical (unpaired) electrons. The van der Waals surface area contributed by atoms with Crippen LogP contribution in [0.15, 0.2) is 52.7 Å². The van der Waals surface area contributed by atoms with E-state index in [1.165, 1.54) is 59.0 Å². The lowest BCUT2D eigenvalue weighted by Crippen LogP contribution is -2.61. The lowest BCUT2D eigenvalue weighted by molar-refractivity contribution is 0.150. The molecule has 6 heteroatoms. The maximum absolute atomic E-state index is 7.00. The summed E-state index contributed by atoms with van der Waals surface area (Å²) in [6.45, 7) is 1.97. The number of likely N-dealkylation sites (N-methyl/N-ethyl adjacent to an activating group) is 1. The van der Waals surface area contributed by atoms with Crippen molar-refractivity contribution in [1.82, 2.24) is 15.5 Å². The van der Waals surface area contributed by atoms with Gasteiger partial charge in [-0.2, -0.15) is 0 Å². The van der Waals surface area contributed by atoms with Gasteiger partial charge in [-0.05, 0) is 80.8 Å². The van der Waals surface area contributed by atoms with E-state index in [0.717, 1.165) is 44.6 Å². The van der Waals surface area contributed by atoms with Gasteiger partial charge in [0.15, 0.2) is 5.79 Å². The zero-order chi connectivity index (χ0) is 25.3. The van der Waals surface area contributed by atoms with Gasteiger partial charge in [-0.25, -0.2) is 4.99 Å². The normalized spacial score (nSPS) is 26.3. The Bertz CT molecular complexity index is 1140.